The van der Waals surface area contributed by atoms with Crippen LogP contribution in [0.5, 0.6) is 0 Å². The van der Waals surface area contributed by atoms with Crippen molar-refractivity contribution in [2.24, 2.45) is 0 Å². The quantitative estimate of drug-likeness (QED) is 0.667. The Hall–Kier alpha value is -2.68. The number of nitrogen functional groups attached to an aromatic ring is 1. The van der Waals surface area contributed by atoms with E-state index in [4.69, 9.17) is 14.9 Å². The molecule has 0 unspecified atom stereocenters. The summed E-state index contributed by atoms with van der Waals surface area (Å²) in [7, 11) is 0. The summed E-state index contributed by atoms with van der Waals surface area (Å²) in [5.74, 6) is 1.81. The Morgan fingerprint density at radius 2 is 2.35 bits per heavy atom. The molecular weight excluding hydrogens is 302 g/mol. The zero-order valence-electron chi connectivity index (χ0n) is 12.6. The average Bonchev–Trinajstić information content (AvgIpc) is 3.03. The van der Waals surface area contributed by atoms with Crippen molar-refractivity contribution in [3.05, 3.63) is 40.0 Å². The molecule has 23 heavy (non-hydrogen) atoms. The van der Waals surface area contributed by atoms with Gasteiger partial charge in [0.1, 0.15) is 23.8 Å². The van der Waals surface area contributed by atoms with Gasteiger partial charge < -0.3 is 19.8 Å². The molecule has 0 saturated carbocycles. The molecule has 1 saturated heterocycles. The van der Waals surface area contributed by atoms with E-state index in [1.54, 1.807) is 0 Å². The lowest BCUT2D eigenvalue weighted by Crippen LogP contribution is -2.40. The molecule has 2 N–H and O–H groups in total. The molecule has 0 spiro atoms. The number of hydrogen-bond donors (Lipinski definition) is 1. The van der Waals surface area contributed by atoms with Gasteiger partial charge in [-0.15, -0.1) is 0 Å². The topological polar surface area (TPSA) is 121 Å². The predicted octanol–water partition coefficient (Wildman–Crippen LogP) is 1.70. The first-order chi connectivity index (χ1) is 11.1. The minimum absolute atomic E-state index is 0.154. The maximum absolute atomic E-state index is 10.8. The summed E-state index contributed by atoms with van der Waals surface area (Å²) in [6.45, 7) is 3.50. The van der Waals surface area contributed by atoms with E-state index in [0.29, 0.717) is 25.7 Å². The predicted molar refractivity (Wildman–Crippen MR) is 82.1 cm³/mol. The third-order valence-corrected chi connectivity index (χ3v) is 3.73. The monoisotopic (exact) mass is 319 g/mol. The van der Waals surface area contributed by atoms with Crippen molar-refractivity contribution in [1.82, 2.24) is 9.97 Å². The van der Waals surface area contributed by atoms with Gasteiger partial charge >= 0.3 is 5.69 Å². The largest absolute Gasteiger partial charge is 0.464 e. The lowest BCUT2D eigenvalue weighted by Gasteiger charge is -2.34. The van der Waals surface area contributed by atoms with Crippen LogP contribution in [0.3, 0.4) is 0 Å². The van der Waals surface area contributed by atoms with Crippen molar-refractivity contribution in [2.45, 2.75) is 19.4 Å². The van der Waals surface area contributed by atoms with E-state index in [-0.39, 0.29) is 17.5 Å². The van der Waals surface area contributed by atoms with Crippen molar-refractivity contribution in [1.29, 1.82) is 0 Å². The zero-order chi connectivity index (χ0) is 16.4. The number of nitro groups is 1. The summed E-state index contributed by atoms with van der Waals surface area (Å²) >= 11 is 0. The second-order valence-electron chi connectivity index (χ2n) is 5.14. The second kappa shape index (κ2) is 6.21. The first kappa shape index (κ1) is 15.2. The maximum atomic E-state index is 10.8. The zero-order valence-corrected chi connectivity index (χ0v) is 12.6. The van der Waals surface area contributed by atoms with Crippen LogP contribution < -0.4 is 10.6 Å². The molecule has 1 atom stereocenters. The van der Waals surface area contributed by atoms with Crippen LogP contribution in [0.4, 0.5) is 17.5 Å². The van der Waals surface area contributed by atoms with E-state index in [1.165, 1.54) is 0 Å². The number of rotatable bonds is 4. The highest BCUT2D eigenvalue weighted by atomic mass is 16.6. The van der Waals surface area contributed by atoms with Crippen molar-refractivity contribution < 1.29 is 14.1 Å². The van der Waals surface area contributed by atoms with Gasteiger partial charge in [0.25, 0.3) is 0 Å². The first-order valence-electron chi connectivity index (χ1n) is 7.30. The fourth-order valence-corrected chi connectivity index (χ4v) is 2.50. The summed E-state index contributed by atoms with van der Waals surface area (Å²) < 4.78 is 11.3. The summed E-state index contributed by atoms with van der Waals surface area (Å²) in [4.78, 5) is 20.3. The Morgan fingerprint density at radius 3 is 3.00 bits per heavy atom. The SMILES string of the molecule is CCc1ccc([C@H]2COCCN2c2ncc([N+](=O)[O-])c(N)n2)o1. The van der Waals surface area contributed by atoms with Crippen LogP contribution in [0.15, 0.2) is 22.7 Å². The minimum atomic E-state index is -0.601. The Labute approximate surface area is 132 Å². The van der Waals surface area contributed by atoms with E-state index >= 15 is 0 Å². The van der Waals surface area contributed by atoms with Crippen LogP contribution >= 0.6 is 0 Å². The Kier molecular flexibility index (Phi) is 4.11. The Morgan fingerprint density at radius 1 is 1.52 bits per heavy atom. The van der Waals surface area contributed by atoms with E-state index in [9.17, 15) is 10.1 Å². The summed E-state index contributed by atoms with van der Waals surface area (Å²) in [6.07, 6.45) is 1.93. The molecule has 2 aromatic rings. The molecule has 9 heteroatoms. The van der Waals surface area contributed by atoms with Gasteiger partial charge in [0.05, 0.1) is 18.1 Å². The number of furan rings is 1. The second-order valence-corrected chi connectivity index (χ2v) is 5.14. The highest BCUT2D eigenvalue weighted by Crippen LogP contribution is 2.30. The fourth-order valence-electron chi connectivity index (χ4n) is 2.50. The van der Waals surface area contributed by atoms with Gasteiger partial charge in [-0.25, -0.2) is 4.98 Å². The fraction of sp³-hybridized carbons (Fsp3) is 0.429. The van der Waals surface area contributed by atoms with Gasteiger partial charge in [0.2, 0.25) is 11.8 Å². The van der Waals surface area contributed by atoms with E-state index in [0.717, 1.165) is 24.1 Å². The van der Waals surface area contributed by atoms with Gasteiger partial charge in [0.15, 0.2) is 0 Å². The van der Waals surface area contributed by atoms with Gasteiger partial charge in [-0.1, -0.05) is 6.92 Å². The maximum Gasteiger partial charge on any atom is 0.329 e. The number of aromatic nitrogens is 2. The van der Waals surface area contributed by atoms with Gasteiger partial charge in [-0.05, 0) is 12.1 Å². The normalized spacial score (nSPS) is 18.1. The molecule has 1 aliphatic rings. The molecule has 122 valence electrons. The Balaban J connectivity index is 1.92. The summed E-state index contributed by atoms with van der Waals surface area (Å²) in [5.41, 5.74) is 5.36. The Bertz CT molecular complexity index is 717. The van der Waals surface area contributed by atoms with Gasteiger partial charge in [-0.2, -0.15) is 4.98 Å². The minimum Gasteiger partial charge on any atom is -0.464 e. The molecule has 9 nitrogen and oxygen atoms in total. The van der Waals surface area contributed by atoms with Gasteiger partial charge in [0, 0.05) is 13.0 Å². The summed E-state index contributed by atoms with van der Waals surface area (Å²) in [6, 6.07) is 3.64. The molecule has 3 heterocycles. The molecule has 3 rings (SSSR count). The summed E-state index contributed by atoms with van der Waals surface area (Å²) in [5, 5.41) is 10.8. The van der Waals surface area contributed by atoms with Crippen LogP contribution in [0.2, 0.25) is 0 Å². The molecule has 0 aromatic carbocycles. The molecular formula is C14H17N5O4. The van der Waals surface area contributed by atoms with Crippen LogP contribution in [0, 0.1) is 10.1 Å². The van der Waals surface area contributed by atoms with E-state index in [1.807, 2.05) is 24.0 Å². The van der Waals surface area contributed by atoms with E-state index < -0.39 is 4.92 Å². The van der Waals surface area contributed by atoms with Crippen molar-refractivity contribution in [3.8, 4) is 0 Å². The van der Waals surface area contributed by atoms with E-state index in [2.05, 4.69) is 9.97 Å². The number of ether oxygens (including phenoxy) is 1. The lowest BCUT2D eigenvalue weighted by molar-refractivity contribution is -0.384. The van der Waals surface area contributed by atoms with Crippen molar-refractivity contribution in [3.63, 3.8) is 0 Å². The standard InChI is InChI=1S/C14H17N5O4/c1-2-9-3-4-12(23-9)11-8-22-6-5-18(11)14-16-7-10(19(20)21)13(15)17-14/h3-4,7,11H,2,5-6,8H2,1H3,(H2,15,16,17)/t11-/m1/s1. The first-order valence-corrected chi connectivity index (χ1v) is 7.30. The van der Waals surface area contributed by atoms with Crippen LogP contribution in [-0.4, -0.2) is 34.6 Å². The van der Waals surface area contributed by atoms with Crippen LogP contribution in [0.1, 0.15) is 24.5 Å². The molecule has 0 amide bonds. The number of morpholine rings is 1. The molecule has 1 fully saturated rings. The smallest absolute Gasteiger partial charge is 0.329 e. The highest BCUT2D eigenvalue weighted by Gasteiger charge is 2.30. The molecule has 0 radical (unpaired) electrons. The lowest BCUT2D eigenvalue weighted by atomic mass is 10.2. The number of aryl methyl sites for hydroxylation is 1. The molecule has 1 aliphatic heterocycles. The third kappa shape index (κ3) is 2.95. The van der Waals surface area contributed by atoms with Gasteiger partial charge in [-0.3, -0.25) is 10.1 Å². The van der Waals surface area contributed by atoms with Crippen molar-refractivity contribution in [2.75, 3.05) is 30.4 Å². The molecule has 0 aliphatic carbocycles. The number of nitrogens with zero attached hydrogens (tertiary/aromatic N) is 4. The number of hydrogen-bond acceptors (Lipinski definition) is 8. The van der Waals surface area contributed by atoms with Crippen LogP contribution in [0.25, 0.3) is 0 Å². The number of nitrogens with two attached hydrogens (primary N) is 1. The highest BCUT2D eigenvalue weighted by molar-refractivity contribution is 5.54. The van der Waals surface area contributed by atoms with Crippen LogP contribution in [-0.2, 0) is 11.2 Å². The number of anilines is 2. The van der Waals surface area contributed by atoms with Crippen molar-refractivity contribution >= 4 is 17.5 Å². The molecule has 0 bridgehead atoms. The molecule has 2 aromatic heterocycles. The third-order valence-electron chi connectivity index (χ3n) is 3.73. The average molecular weight is 319 g/mol.